The van der Waals surface area contributed by atoms with Gasteiger partial charge in [0.05, 0.1) is 23.0 Å². The van der Waals surface area contributed by atoms with Gasteiger partial charge in [-0.1, -0.05) is 12.1 Å². The van der Waals surface area contributed by atoms with Crippen molar-refractivity contribution in [3.05, 3.63) is 57.9 Å². The molecule has 3 N–H and O–H groups in total. The van der Waals surface area contributed by atoms with E-state index >= 15 is 0 Å². The molecular weight excluding hydrogens is 421 g/mol. The van der Waals surface area contributed by atoms with Crippen LogP contribution in [0, 0.1) is 0 Å². The number of nitrogens with two attached hydrogens (primary N) is 1. The monoisotopic (exact) mass is 441 g/mol. The largest absolute Gasteiger partial charge is 0.399 e. The molecule has 1 unspecified atom stereocenters. The summed E-state index contributed by atoms with van der Waals surface area (Å²) in [6, 6.07) is 10.1. The molecule has 8 heteroatoms. The van der Waals surface area contributed by atoms with Crippen LogP contribution in [0.3, 0.4) is 0 Å². The van der Waals surface area contributed by atoms with Crippen molar-refractivity contribution in [3.63, 3.8) is 0 Å². The first-order valence-electron chi connectivity index (χ1n) is 8.35. The summed E-state index contributed by atoms with van der Waals surface area (Å²) >= 11 is 3.26. The Morgan fingerprint density at radius 1 is 1.26 bits per heavy atom. The van der Waals surface area contributed by atoms with Gasteiger partial charge in [0.15, 0.2) is 0 Å². The van der Waals surface area contributed by atoms with Crippen molar-refractivity contribution < 1.29 is 4.79 Å². The van der Waals surface area contributed by atoms with Crippen LogP contribution in [0.15, 0.2) is 41.1 Å². The van der Waals surface area contributed by atoms with Crippen LogP contribution in [-0.4, -0.2) is 10.9 Å². The number of benzene rings is 1. The van der Waals surface area contributed by atoms with Crippen LogP contribution in [0.2, 0.25) is 0 Å². The van der Waals surface area contributed by atoms with Gasteiger partial charge in [-0.2, -0.15) is 0 Å². The molecule has 4 nitrogen and oxygen atoms in total. The minimum absolute atomic E-state index is 0. The highest BCUT2D eigenvalue weighted by atomic mass is 35.5. The average Bonchev–Trinajstić information content (AvgIpc) is 3.26. The molecule has 1 amide bonds. The summed E-state index contributed by atoms with van der Waals surface area (Å²) in [6.07, 6.45) is 3.40. The van der Waals surface area contributed by atoms with E-state index in [2.05, 4.69) is 16.4 Å². The summed E-state index contributed by atoms with van der Waals surface area (Å²) in [6.45, 7) is 0. The molecule has 144 valence electrons. The number of nitrogens with zero attached hydrogens (tertiary/aromatic N) is 1. The number of hydrogen-bond donors (Lipinski definition) is 2. The molecule has 4 rings (SSSR count). The minimum Gasteiger partial charge on any atom is -0.399 e. The number of fused-ring (bicyclic) bond motifs is 1. The van der Waals surface area contributed by atoms with E-state index in [1.165, 1.54) is 11.1 Å². The van der Waals surface area contributed by atoms with Crippen LogP contribution >= 0.6 is 47.5 Å². The molecule has 0 bridgehead atoms. The van der Waals surface area contributed by atoms with Gasteiger partial charge in [-0.25, -0.2) is 4.98 Å². The first kappa shape index (κ1) is 21.7. The first-order chi connectivity index (χ1) is 12.2. The van der Waals surface area contributed by atoms with Gasteiger partial charge >= 0.3 is 0 Å². The summed E-state index contributed by atoms with van der Waals surface area (Å²) in [7, 11) is 0. The molecule has 1 aromatic carbocycles. The number of rotatable bonds is 4. The summed E-state index contributed by atoms with van der Waals surface area (Å²) in [4.78, 5) is 18.2. The number of amides is 1. The fraction of sp³-hybridized carbons (Fsp3) is 0.263. The Hall–Kier alpha value is -1.60. The smallest absolute Gasteiger partial charge is 0.226 e. The molecule has 0 saturated carbocycles. The predicted octanol–water partition coefficient (Wildman–Crippen LogP) is 5.03. The highest BCUT2D eigenvalue weighted by molar-refractivity contribution is 7.20. The Morgan fingerprint density at radius 3 is 2.89 bits per heavy atom. The van der Waals surface area contributed by atoms with Crippen molar-refractivity contribution in [2.75, 3.05) is 5.73 Å². The highest BCUT2D eigenvalue weighted by Gasteiger charge is 2.22. The van der Waals surface area contributed by atoms with E-state index in [-0.39, 0.29) is 36.8 Å². The fourth-order valence-corrected chi connectivity index (χ4v) is 4.93. The summed E-state index contributed by atoms with van der Waals surface area (Å²) in [5, 5.41) is 8.17. The number of aryl methyl sites for hydroxylation is 1. The molecule has 27 heavy (non-hydrogen) atoms. The van der Waals surface area contributed by atoms with Crippen molar-refractivity contribution in [1.82, 2.24) is 10.3 Å². The quantitative estimate of drug-likeness (QED) is 0.557. The first-order valence-corrected chi connectivity index (χ1v) is 10.1. The Labute approximate surface area is 179 Å². The van der Waals surface area contributed by atoms with E-state index in [1.807, 2.05) is 35.0 Å². The number of carbonyl (C=O) groups excluding carboxylic acids is 1. The number of carbonyl (C=O) groups is 1. The zero-order valence-corrected chi connectivity index (χ0v) is 17.8. The van der Waals surface area contributed by atoms with Crippen molar-refractivity contribution in [2.24, 2.45) is 0 Å². The lowest BCUT2D eigenvalue weighted by atomic mass is 9.87. The number of anilines is 1. The van der Waals surface area contributed by atoms with Crippen molar-refractivity contribution >= 4 is 59.1 Å². The molecule has 0 saturated heterocycles. The van der Waals surface area contributed by atoms with Crippen molar-refractivity contribution in [3.8, 4) is 9.88 Å². The molecule has 3 aromatic rings. The van der Waals surface area contributed by atoms with Gasteiger partial charge in [-0.15, -0.1) is 47.5 Å². The molecule has 1 aliphatic rings. The van der Waals surface area contributed by atoms with E-state index in [1.54, 1.807) is 22.7 Å². The fourth-order valence-electron chi connectivity index (χ4n) is 3.30. The number of thiazole rings is 1. The van der Waals surface area contributed by atoms with E-state index < -0.39 is 0 Å². The third kappa shape index (κ3) is 5.02. The van der Waals surface area contributed by atoms with Gasteiger partial charge in [0.25, 0.3) is 0 Å². The van der Waals surface area contributed by atoms with E-state index in [4.69, 9.17) is 5.73 Å². The van der Waals surface area contributed by atoms with Crippen LogP contribution in [0.4, 0.5) is 5.69 Å². The second-order valence-corrected chi connectivity index (χ2v) is 8.07. The maximum atomic E-state index is 12.5. The van der Waals surface area contributed by atoms with Gasteiger partial charge in [0.2, 0.25) is 5.91 Å². The second kappa shape index (κ2) is 9.55. The molecule has 1 aliphatic carbocycles. The van der Waals surface area contributed by atoms with E-state index in [0.29, 0.717) is 6.42 Å². The SMILES string of the molecule is Cl.Cl.Nc1ccc2c(c1)CCCC2NC(=O)Cc1csc(-c2cccs2)n1. The summed E-state index contributed by atoms with van der Waals surface area (Å²) < 4.78 is 0. The van der Waals surface area contributed by atoms with Crippen LogP contribution in [0.1, 0.15) is 35.7 Å². The van der Waals surface area contributed by atoms with Crippen molar-refractivity contribution in [2.45, 2.75) is 31.7 Å². The third-order valence-electron chi connectivity index (χ3n) is 4.44. The Kier molecular flexibility index (Phi) is 7.68. The zero-order chi connectivity index (χ0) is 17.2. The van der Waals surface area contributed by atoms with Gasteiger partial charge in [0, 0.05) is 11.1 Å². The lowest BCUT2D eigenvalue weighted by molar-refractivity contribution is -0.121. The summed E-state index contributed by atoms with van der Waals surface area (Å²) in [5.41, 5.74) is 9.95. The highest BCUT2D eigenvalue weighted by Crippen LogP contribution is 2.31. The number of aromatic nitrogens is 1. The lowest BCUT2D eigenvalue weighted by Crippen LogP contribution is -2.32. The zero-order valence-electron chi connectivity index (χ0n) is 14.5. The minimum atomic E-state index is 0. The van der Waals surface area contributed by atoms with Gasteiger partial charge < -0.3 is 11.1 Å². The van der Waals surface area contributed by atoms with Gasteiger partial charge in [-0.05, 0) is 54.0 Å². The number of nitrogens with one attached hydrogen (secondary N) is 1. The number of halogens is 2. The summed E-state index contributed by atoms with van der Waals surface area (Å²) in [5.74, 6) is 0.0257. The second-order valence-electron chi connectivity index (χ2n) is 6.27. The van der Waals surface area contributed by atoms with Crippen LogP contribution in [0.5, 0.6) is 0 Å². The Bertz CT molecular complexity index is 896. The normalized spacial score (nSPS) is 15.2. The van der Waals surface area contributed by atoms with Gasteiger partial charge in [0.1, 0.15) is 5.01 Å². The molecule has 0 spiro atoms. The number of hydrogen-bond acceptors (Lipinski definition) is 5. The molecule has 0 fully saturated rings. The van der Waals surface area contributed by atoms with E-state index in [9.17, 15) is 4.79 Å². The Balaban J connectivity index is 0.00000131. The standard InChI is InChI=1S/C19H19N3OS2.2ClH/c20-13-6-7-15-12(9-13)3-1-4-16(15)22-18(23)10-14-11-25-19(21-14)17-5-2-8-24-17;;/h2,5-9,11,16H,1,3-4,10,20H2,(H,22,23);2*1H. The maximum Gasteiger partial charge on any atom is 0.226 e. The molecule has 2 aromatic heterocycles. The predicted molar refractivity (Wildman–Crippen MR) is 118 cm³/mol. The van der Waals surface area contributed by atoms with Crippen LogP contribution in [0.25, 0.3) is 9.88 Å². The van der Waals surface area contributed by atoms with Crippen LogP contribution < -0.4 is 11.1 Å². The Morgan fingerprint density at radius 2 is 2.11 bits per heavy atom. The van der Waals surface area contributed by atoms with Crippen molar-refractivity contribution in [1.29, 1.82) is 0 Å². The average molecular weight is 442 g/mol. The molecule has 0 aliphatic heterocycles. The molecular formula is C19H21Cl2N3OS2. The third-order valence-corrected chi connectivity index (χ3v) is 6.37. The maximum absolute atomic E-state index is 12.5. The number of thiophene rings is 1. The lowest BCUT2D eigenvalue weighted by Gasteiger charge is -2.26. The molecule has 1 atom stereocenters. The van der Waals surface area contributed by atoms with Crippen LogP contribution in [-0.2, 0) is 17.6 Å². The number of nitrogen functional groups attached to an aromatic ring is 1. The van der Waals surface area contributed by atoms with Gasteiger partial charge in [-0.3, -0.25) is 4.79 Å². The van der Waals surface area contributed by atoms with E-state index in [0.717, 1.165) is 40.5 Å². The molecule has 2 heterocycles. The molecule has 0 radical (unpaired) electrons. The topological polar surface area (TPSA) is 68.0 Å².